The number of hydrogen-bond acceptors (Lipinski definition) is 4. The van der Waals surface area contributed by atoms with Crippen LogP contribution in [0.4, 0.5) is 0 Å². The predicted molar refractivity (Wildman–Crippen MR) is 71.9 cm³/mol. The first kappa shape index (κ1) is 14.0. The molecular formula is C14H23N3O2. The predicted octanol–water partition coefficient (Wildman–Crippen LogP) is 2.54. The summed E-state index contributed by atoms with van der Waals surface area (Å²) in [5.41, 5.74) is -0.582. The van der Waals surface area contributed by atoms with Crippen LogP contribution in [0.1, 0.15) is 64.1 Å². The lowest BCUT2D eigenvalue weighted by atomic mass is 9.85. The van der Waals surface area contributed by atoms with E-state index in [1.807, 2.05) is 13.8 Å². The summed E-state index contributed by atoms with van der Waals surface area (Å²) in [4.78, 5) is 12.4. The van der Waals surface area contributed by atoms with Crippen molar-refractivity contribution < 1.29 is 9.53 Å². The minimum atomic E-state index is -0.582. The van der Waals surface area contributed by atoms with Crippen LogP contribution in [0.25, 0.3) is 0 Å². The van der Waals surface area contributed by atoms with Gasteiger partial charge in [-0.05, 0) is 40.5 Å². The molecule has 0 bridgehead atoms. The largest absolute Gasteiger partial charge is 0.465 e. The van der Waals surface area contributed by atoms with Gasteiger partial charge in [0, 0.05) is 6.04 Å². The lowest BCUT2D eigenvalue weighted by Gasteiger charge is -2.27. The third kappa shape index (κ3) is 2.26. The summed E-state index contributed by atoms with van der Waals surface area (Å²) in [5.74, 6) is 1.51. The molecule has 19 heavy (non-hydrogen) atoms. The fraction of sp³-hybridized carbons (Fsp3) is 0.786. The van der Waals surface area contributed by atoms with E-state index in [1.54, 1.807) is 0 Å². The summed E-state index contributed by atoms with van der Waals surface area (Å²) >= 11 is 0. The van der Waals surface area contributed by atoms with Gasteiger partial charge in [0.05, 0.1) is 6.61 Å². The molecule has 5 heteroatoms. The number of nitrogens with zero attached hydrogens (tertiary/aromatic N) is 3. The Morgan fingerprint density at radius 3 is 2.53 bits per heavy atom. The van der Waals surface area contributed by atoms with Crippen molar-refractivity contribution >= 4 is 5.97 Å². The Hall–Kier alpha value is -1.39. The molecule has 1 heterocycles. The Balaban J connectivity index is 2.48. The Morgan fingerprint density at radius 1 is 1.37 bits per heavy atom. The topological polar surface area (TPSA) is 57.0 Å². The van der Waals surface area contributed by atoms with Crippen LogP contribution >= 0.6 is 0 Å². The highest BCUT2D eigenvalue weighted by molar-refractivity contribution is 5.82. The number of rotatable bonds is 4. The summed E-state index contributed by atoms with van der Waals surface area (Å²) in [6.07, 6.45) is 3.72. The van der Waals surface area contributed by atoms with Crippen molar-refractivity contribution in [2.75, 3.05) is 6.61 Å². The first-order chi connectivity index (χ1) is 9.03. The first-order valence-electron chi connectivity index (χ1n) is 7.12. The third-order valence-corrected chi connectivity index (χ3v) is 3.93. The molecule has 5 nitrogen and oxygen atoms in total. The molecule has 0 spiro atoms. The molecule has 1 aliphatic rings. The lowest BCUT2D eigenvalue weighted by Crippen LogP contribution is -2.38. The zero-order valence-electron chi connectivity index (χ0n) is 12.3. The van der Waals surface area contributed by atoms with Crippen LogP contribution in [-0.4, -0.2) is 27.3 Å². The van der Waals surface area contributed by atoms with Gasteiger partial charge < -0.3 is 9.30 Å². The zero-order chi connectivity index (χ0) is 14.0. The van der Waals surface area contributed by atoms with Crippen molar-refractivity contribution in [1.29, 1.82) is 0 Å². The number of carbonyl (C=O) groups is 1. The molecule has 0 unspecified atom stereocenters. The molecule has 1 aromatic heterocycles. The Bertz CT molecular complexity index is 459. The van der Waals surface area contributed by atoms with Crippen LogP contribution < -0.4 is 0 Å². The van der Waals surface area contributed by atoms with Crippen molar-refractivity contribution in [1.82, 2.24) is 14.8 Å². The monoisotopic (exact) mass is 265 g/mol. The summed E-state index contributed by atoms with van der Waals surface area (Å²) < 4.78 is 7.38. The molecule has 1 saturated carbocycles. The van der Waals surface area contributed by atoms with Gasteiger partial charge in [-0.15, -0.1) is 10.2 Å². The van der Waals surface area contributed by atoms with Gasteiger partial charge in [0.15, 0.2) is 5.82 Å². The normalized spacial score (nSPS) is 17.9. The number of hydrogen-bond donors (Lipinski definition) is 0. The minimum Gasteiger partial charge on any atom is -0.465 e. The second kappa shape index (κ2) is 5.31. The van der Waals surface area contributed by atoms with Gasteiger partial charge in [-0.25, -0.2) is 0 Å². The Labute approximate surface area is 114 Å². The molecule has 1 fully saturated rings. The van der Waals surface area contributed by atoms with Crippen LogP contribution in [-0.2, 0) is 14.9 Å². The van der Waals surface area contributed by atoms with Crippen molar-refractivity contribution in [3.05, 3.63) is 11.6 Å². The Kier molecular flexibility index (Phi) is 3.92. The number of esters is 1. The molecule has 0 N–H and O–H groups in total. The van der Waals surface area contributed by atoms with E-state index in [2.05, 4.69) is 28.6 Å². The number of aryl methyl sites for hydroxylation is 1. The van der Waals surface area contributed by atoms with Gasteiger partial charge in [0.1, 0.15) is 11.2 Å². The quantitative estimate of drug-likeness (QED) is 0.785. The molecular weight excluding hydrogens is 242 g/mol. The van der Waals surface area contributed by atoms with Crippen LogP contribution in [0.2, 0.25) is 0 Å². The number of carbonyl (C=O) groups excluding carboxylic acids is 1. The van der Waals surface area contributed by atoms with Crippen molar-refractivity contribution in [2.24, 2.45) is 0 Å². The van der Waals surface area contributed by atoms with E-state index >= 15 is 0 Å². The van der Waals surface area contributed by atoms with Gasteiger partial charge in [-0.3, -0.25) is 4.79 Å². The maximum atomic E-state index is 12.4. The SMILES string of the molecule is CCOC(=O)C1(c2nnc(C)n2C(C)C)CCCC1. The van der Waals surface area contributed by atoms with E-state index in [-0.39, 0.29) is 12.0 Å². The maximum Gasteiger partial charge on any atom is 0.319 e. The second-order valence-electron chi connectivity index (χ2n) is 5.54. The van der Waals surface area contributed by atoms with Gasteiger partial charge in [-0.1, -0.05) is 12.8 Å². The Morgan fingerprint density at radius 2 is 2.00 bits per heavy atom. The van der Waals surface area contributed by atoms with Gasteiger partial charge in [0.2, 0.25) is 0 Å². The van der Waals surface area contributed by atoms with Crippen LogP contribution in [0.15, 0.2) is 0 Å². The van der Waals surface area contributed by atoms with E-state index < -0.39 is 5.41 Å². The van der Waals surface area contributed by atoms with E-state index in [4.69, 9.17) is 4.74 Å². The smallest absolute Gasteiger partial charge is 0.319 e. The van der Waals surface area contributed by atoms with E-state index in [1.165, 1.54) is 0 Å². The molecule has 2 rings (SSSR count). The highest BCUT2D eigenvalue weighted by Gasteiger charge is 2.48. The number of ether oxygens (including phenoxy) is 1. The van der Waals surface area contributed by atoms with Crippen LogP contribution in [0, 0.1) is 6.92 Å². The average molecular weight is 265 g/mol. The van der Waals surface area contributed by atoms with Crippen molar-refractivity contribution in [2.45, 2.75) is 64.8 Å². The van der Waals surface area contributed by atoms with Crippen LogP contribution in [0.3, 0.4) is 0 Å². The standard InChI is InChI=1S/C14H23N3O2/c1-5-19-13(18)14(8-6-7-9-14)12-16-15-11(4)17(12)10(2)3/h10H,5-9H2,1-4H3. The molecule has 0 atom stereocenters. The third-order valence-electron chi connectivity index (χ3n) is 3.93. The van der Waals surface area contributed by atoms with Crippen molar-refractivity contribution in [3.8, 4) is 0 Å². The summed E-state index contributed by atoms with van der Waals surface area (Å²) in [7, 11) is 0. The zero-order valence-corrected chi connectivity index (χ0v) is 12.3. The van der Waals surface area contributed by atoms with Gasteiger partial charge >= 0.3 is 5.97 Å². The average Bonchev–Trinajstić information content (AvgIpc) is 2.96. The molecule has 0 aromatic carbocycles. The second-order valence-corrected chi connectivity index (χ2v) is 5.54. The fourth-order valence-corrected chi connectivity index (χ4v) is 3.08. The molecule has 0 amide bonds. The van der Waals surface area contributed by atoms with Gasteiger partial charge in [-0.2, -0.15) is 0 Å². The molecule has 0 saturated heterocycles. The fourth-order valence-electron chi connectivity index (χ4n) is 3.08. The van der Waals surface area contributed by atoms with Crippen LogP contribution in [0.5, 0.6) is 0 Å². The first-order valence-corrected chi connectivity index (χ1v) is 7.12. The minimum absolute atomic E-state index is 0.137. The maximum absolute atomic E-state index is 12.4. The van der Waals surface area contributed by atoms with Gasteiger partial charge in [0.25, 0.3) is 0 Å². The van der Waals surface area contributed by atoms with Crippen molar-refractivity contribution in [3.63, 3.8) is 0 Å². The summed E-state index contributed by atoms with van der Waals surface area (Å²) in [6, 6.07) is 0.247. The molecule has 1 aliphatic carbocycles. The summed E-state index contributed by atoms with van der Waals surface area (Å²) in [6.45, 7) is 8.37. The lowest BCUT2D eigenvalue weighted by molar-refractivity contribution is -0.150. The molecule has 0 aliphatic heterocycles. The highest BCUT2D eigenvalue weighted by atomic mass is 16.5. The van der Waals surface area contributed by atoms with E-state index in [9.17, 15) is 4.79 Å². The number of aromatic nitrogens is 3. The molecule has 106 valence electrons. The molecule has 0 radical (unpaired) electrons. The highest BCUT2D eigenvalue weighted by Crippen LogP contribution is 2.42. The van der Waals surface area contributed by atoms with E-state index in [0.717, 1.165) is 37.3 Å². The van der Waals surface area contributed by atoms with E-state index in [0.29, 0.717) is 6.61 Å². The molecule has 1 aromatic rings. The summed E-state index contributed by atoms with van der Waals surface area (Å²) in [5, 5.41) is 8.48.